The summed E-state index contributed by atoms with van der Waals surface area (Å²) in [6.45, 7) is 1.86. The fourth-order valence-electron chi connectivity index (χ4n) is 1.25. The Labute approximate surface area is 72.0 Å². The average molecular weight is 164 g/mol. The third-order valence-electron chi connectivity index (χ3n) is 2.17. The Bertz CT molecular complexity index is 251. The number of allylic oxidation sites excluding steroid dienone is 4. The van der Waals surface area contributed by atoms with E-state index in [-0.39, 0.29) is 5.78 Å². The second-order valence-electron chi connectivity index (χ2n) is 3.21. The minimum Gasteiger partial charge on any atom is -0.303 e. The molecule has 64 valence electrons. The molecule has 0 N–H and O–H groups in total. The zero-order chi connectivity index (χ0) is 9.03. The fourth-order valence-corrected chi connectivity index (χ4v) is 1.25. The number of aldehydes is 1. The van der Waals surface area contributed by atoms with Crippen molar-refractivity contribution in [3.8, 4) is 0 Å². The van der Waals surface area contributed by atoms with Crippen LogP contribution in [0.3, 0.4) is 0 Å². The van der Waals surface area contributed by atoms with Gasteiger partial charge < -0.3 is 4.79 Å². The van der Waals surface area contributed by atoms with E-state index >= 15 is 0 Å². The number of ketones is 1. The summed E-state index contributed by atoms with van der Waals surface area (Å²) < 4.78 is 0. The highest BCUT2D eigenvalue weighted by Gasteiger charge is 2.28. The van der Waals surface area contributed by atoms with Gasteiger partial charge in [-0.05, 0) is 19.4 Å². The first-order valence-electron chi connectivity index (χ1n) is 4.03. The Morgan fingerprint density at radius 3 is 2.83 bits per heavy atom. The molecule has 0 fully saturated rings. The lowest BCUT2D eigenvalue weighted by Gasteiger charge is -2.23. The Morgan fingerprint density at radius 1 is 1.50 bits per heavy atom. The normalized spacial score (nSPS) is 27.6. The van der Waals surface area contributed by atoms with Crippen LogP contribution in [-0.4, -0.2) is 12.1 Å². The number of rotatable bonds is 3. The highest BCUT2D eigenvalue weighted by Crippen LogP contribution is 2.28. The van der Waals surface area contributed by atoms with E-state index in [4.69, 9.17) is 0 Å². The minimum absolute atomic E-state index is 0.0897. The van der Waals surface area contributed by atoms with E-state index < -0.39 is 5.41 Å². The lowest BCUT2D eigenvalue weighted by molar-refractivity contribution is -0.121. The predicted octanol–water partition coefficient (Wildman–Crippen LogP) is 1.67. The van der Waals surface area contributed by atoms with Gasteiger partial charge in [0.15, 0.2) is 5.78 Å². The fraction of sp³-hybridized carbons (Fsp3) is 0.400. The van der Waals surface area contributed by atoms with Gasteiger partial charge in [0.2, 0.25) is 0 Å². The number of carbonyl (C=O) groups excluding carboxylic acids is 2. The molecule has 0 aromatic carbocycles. The molecule has 0 aromatic heterocycles. The number of hydrogen-bond donors (Lipinski definition) is 0. The molecule has 0 amide bonds. The van der Waals surface area contributed by atoms with Crippen LogP contribution in [0.1, 0.15) is 19.8 Å². The van der Waals surface area contributed by atoms with Crippen LogP contribution in [0.5, 0.6) is 0 Å². The molecule has 2 heteroatoms. The average Bonchev–Trinajstić information content (AvgIpc) is 2.07. The van der Waals surface area contributed by atoms with Gasteiger partial charge >= 0.3 is 0 Å². The molecule has 2 nitrogen and oxygen atoms in total. The van der Waals surface area contributed by atoms with Crippen molar-refractivity contribution in [1.29, 1.82) is 0 Å². The van der Waals surface area contributed by atoms with E-state index in [1.54, 1.807) is 12.2 Å². The van der Waals surface area contributed by atoms with Gasteiger partial charge in [-0.1, -0.05) is 18.2 Å². The van der Waals surface area contributed by atoms with Crippen LogP contribution in [0.25, 0.3) is 0 Å². The lowest BCUT2D eigenvalue weighted by Crippen LogP contribution is -2.25. The van der Waals surface area contributed by atoms with Gasteiger partial charge in [-0.2, -0.15) is 0 Å². The maximum absolute atomic E-state index is 11.4. The van der Waals surface area contributed by atoms with Crippen LogP contribution >= 0.6 is 0 Å². The molecule has 0 spiro atoms. The second-order valence-corrected chi connectivity index (χ2v) is 3.21. The molecule has 1 aliphatic carbocycles. The van der Waals surface area contributed by atoms with Crippen molar-refractivity contribution in [2.45, 2.75) is 19.8 Å². The van der Waals surface area contributed by atoms with Crippen LogP contribution in [0.4, 0.5) is 0 Å². The van der Waals surface area contributed by atoms with Crippen molar-refractivity contribution in [3.63, 3.8) is 0 Å². The molecule has 0 bridgehead atoms. The van der Waals surface area contributed by atoms with Crippen molar-refractivity contribution in [2.24, 2.45) is 5.41 Å². The van der Waals surface area contributed by atoms with Crippen molar-refractivity contribution in [1.82, 2.24) is 0 Å². The smallest absolute Gasteiger partial charge is 0.165 e. The van der Waals surface area contributed by atoms with Crippen LogP contribution in [-0.2, 0) is 9.59 Å². The standard InChI is InChI=1S/C10H12O2/c1-10(7-4-8-11)6-3-2-5-9(10)12/h2-3,5-6,8H,4,7H2,1H3/t10-/m1/s1. The van der Waals surface area contributed by atoms with Crippen LogP contribution in [0, 0.1) is 5.41 Å². The molecular formula is C10H12O2. The third-order valence-corrected chi connectivity index (χ3v) is 2.17. The molecule has 0 saturated carbocycles. The molecule has 12 heavy (non-hydrogen) atoms. The molecule has 1 rings (SSSR count). The van der Waals surface area contributed by atoms with E-state index in [0.717, 1.165) is 6.29 Å². The van der Waals surface area contributed by atoms with Gasteiger partial charge in [0.05, 0.1) is 0 Å². The van der Waals surface area contributed by atoms with Crippen molar-refractivity contribution in [2.75, 3.05) is 0 Å². The van der Waals surface area contributed by atoms with Gasteiger partial charge in [0.1, 0.15) is 6.29 Å². The molecular weight excluding hydrogens is 152 g/mol. The quantitative estimate of drug-likeness (QED) is 0.594. The van der Waals surface area contributed by atoms with Crippen LogP contribution in [0.2, 0.25) is 0 Å². The van der Waals surface area contributed by atoms with Crippen LogP contribution in [0.15, 0.2) is 24.3 Å². The van der Waals surface area contributed by atoms with Crippen molar-refractivity contribution >= 4 is 12.1 Å². The molecule has 0 radical (unpaired) electrons. The van der Waals surface area contributed by atoms with E-state index in [9.17, 15) is 9.59 Å². The summed E-state index contributed by atoms with van der Waals surface area (Å²) in [6.07, 6.45) is 8.90. The number of hydrogen-bond acceptors (Lipinski definition) is 2. The van der Waals surface area contributed by atoms with Gasteiger partial charge in [-0.25, -0.2) is 0 Å². The Balaban J connectivity index is 2.69. The Hall–Kier alpha value is -1.18. The van der Waals surface area contributed by atoms with Crippen molar-refractivity contribution in [3.05, 3.63) is 24.3 Å². The molecule has 0 aromatic rings. The Morgan fingerprint density at radius 2 is 2.25 bits per heavy atom. The lowest BCUT2D eigenvalue weighted by atomic mass is 9.79. The van der Waals surface area contributed by atoms with Crippen LogP contribution < -0.4 is 0 Å². The van der Waals surface area contributed by atoms with E-state index in [1.807, 2.05) is 19.1 Å². The molecule has 1 atom stereocenters. The topological polar surface area (TPSA) is 34.1 Å². The predicted molar refractivity (Wildman–Crippen MR) is 46.7 cm³/mol. The summed E-state index contributed by atoms with van der Waals surface area (Å²) in [7, 11) is 0. The van der Waals surface area contributed by atoms with E-state index in [2.05, 4.69) is 0 Å². The highest BCUT2D eigenvalue weighted by molar-refractivity contribution is 5.97. The van der Waals surface area contributed by atoms with Gasteiger partial charge in [0.25, 0.3) is 0 Å². The summed E-state index contributed by atoms with van der Waals surface area (Å²) in [5.41, 5.74) is -0.449. The molecule has 0 saturated heterocycles. The molecule has 0 aliphatic heterocycles. The SMILES string of the molecule is C[C@]1(CCC=O)C=CC=CC1=O. The maximum Gasteiger partial charge on any atom is 0.165 e. The van der Waals surface area contributed by atoms with Gasteiger partial charge in [-0.15, -0.1) is 0 Å². The second kappa shape index (κ2) is 3.48. The summed E-state index contributed by atoms with van der Waals surface area (Å²) in [4.78, 5) is 21.5. The summed E-state index contributed by atoms with van der Waals surface area (Å²) in [5.74, 6) is 0.0897. The molecule has 1 aliphatic rings. The summed E-state index contributed by atoms with van der Waals surface area (Å²) in [5, 5.41) is 0. The number of carbonyl (C=O) groups is 2. The zero-order valence-corrected chi connectivity index (χ0v) is 7.12. The Kier molecular flexibility index (Phi) is 2.58. The monoisotopic (exact) mass is 164 g/mol. The molecule has 0 heterocycles. The first kappa shape index (κ1) is 8.91. The van der Waals surface area contributed by atoms with E-state index in [0.29, 0.717) is 12.8 Å². The first-order chi connectivity index (χ1) is 5.69. The van der Waals surface area contributed by atoms with E-state index in [1.165, 1.54) is 0 Å². The summed E-state index contributed by atoms with van der Waals surface area (Å²) >= 11 is 0. The maximum atomic E-state index is 11.4. The van der Waals surface area contributed by atoms with Gasteiger partial charge in [0, 0.05) is 11.8 Å². The summed E-state index contributed by atoms with van der Waals surface area (Å²) in [6, 6.07) is 0. The zero-order valence-electron chi connectivity index (χ0n) is 7.12. The minimum atomic E-state index is -0.449. The third kappa shape index (κ3) is 1.70. The molecule has 0 unspecified atom stereocenters. The largest absolute Gasteiger partial charge is 0.303 e. The highest BCUT2D eigenvalue weighted by atomic mass is 16.1. The van der Waals surface area contributed by atoms with Gasteiger partial charge in [-0.3, -0.25) is 4.79 Å². The first-order valence-corrected chi connectivity index (χ1v) is 4.03. The van der Waals surface area contributed by atoms with Crippen molar-refractivity contribution < 1.29 is 9.59 Å².